The molecule has 1 saturated heterocycles. The summed E-state index contributed by atoms with van der Waals surface area (Å²) in [6, 6.07) is 9.11. The number of aryl methyl sites for hydroxylation is 1. The zero-order valence-electron chi connectivity index (χ0n) is 13.1. The lowest BCUT2D eigenvalue weighted by atomic mass is 10.1. The van der Waals surface area contributed by atoms with Crippen molar-refractivity contribution in [3.8, 4) is 0 Å². The first-order valence-corrected chi connectivity index (χ1v) is 9.34. The van der Waals surface area contributed by atoms with Crippen LogP contribution in [0.1, 0.15) is 18.4 Å². The van der Waals surface area contributed by atoms with E-state index in [2.05, 4.69) is 4.74 Å². The van der Waals surface area contributed by atoms with Crippen LogP contribution < -0.4 is 0 Å². The number of methoxy groups -OCH3 is 1. The second-order valence-electron chi connectivity index (χ2n) is 5.64. The van der Waals surface area contributed by atoms with Gasteiger partial charge >= 0.3 is 5.97 Å². The Hall–Kier alpha value is -1.89. The summed E-state index contributed by atoms with van der Waals surface area (Å²) in [4.78, 5) is 25.4. The molecule has 1 fully saturated rings. The van der Waals surface area contributed by atoms with E-state index in [1.807, 2.05) is 30.3 Å². The van der Waals surface area contributed by atoms with Crippen LogP contribution in [-0.4, -0.2) is 56.4 Å². The predicted molar refractivity (Wildman–Crippen MR) is 85.6 cm³/mol. The minimum atomic E-state index is -3.13. The molecule has 0 spiro atoms. The number of carbonyl (C=O) groups excluding carboxylic acids is 2. The van der Waals surface area contributed by atoms with Gasteiger partial charge in [-0.25, -0.2) is 8.42 Å². The number of rotatable bonds is 6. The van der Waals surface area contributed by atoms with Crippen molar-refractivity contribution in [3.05, 3.63) is 35.9 Å². The van der Waals surface area contributed by atoms with Crippen LogP contribution in [0.2, 0.25) is 0 Å². The molecule has 0 aliphatic carbocycles. The van der Waals surface area contributed by atoms with Gasteiger partial charge < -0.3 is 9.64 Å². The molecule has 6 nitrogen and oxygen atoms in total. The van der Waals surface area contributed by atoms with E-state index in [0.29, 0.717) is 12.8 Å². The maximum atomic E-state index is 12.5. The first-order valence-electron chi connectivity index (χ1n) is 7.52. The average molecular weight is 339 g/mol. The van der Waals surface area contributed by atoms with Crippen molar-refractivity contribution in [3.63, 3.8) is 0 Å². The van der Waals surface area contributed by atoms with Crippen LogP contribution in [-0.2, 0) is 30.6 Å². The fraction of sp³-hybridized carbons (Fsp3) is 0.500. The quantitative estimate of drug-likeness (QED) is 0.717. The van der Waals surface area contributed by atoms with Crippen molar-refractivity contribution < 1.29 is 22.7 Å². The van der Waals surface area contributed by atoms with Crippen LogP contribution in [0.4, 0.5) is 0 Å². The molecule has 2 rings (SSSR count). The maximum Gasteiger partial charge on any atom is 0.325 e. The van der Waals surface area contributed by atoms with Gasteiger partial charge in [0.1, 0.15) is 6.54 Å². The van der Waals surface area contributed by atoms with Crippen LogP contribution in [0.15, 0.2) is 30.3 Å². The summed E-state index contributed by atoms with van der Waals surface area (Å²) in [5, 5.41) is 0. The monoisotopic (exact) mass is 339 g/mol. The van der Waals surface area contributed by atoms with Crippen molar-refractivity contribution in [2.75, 3.05) is 25.2 Å². The molecule has 0 radical (unpaired) electrons. The van der Waals surface area contributed by atoms with Crippen molar-refractivity contribution in [2.45, 2.75) is 25.3 Å². The highest BCUT2D eigenvalue weighted by atomic mass is 32.2. The average Bonchev–Trinajstić information content (AvgIpc) is 2.90. The summed E-state index contributed by atoms with van der Waals surface area (Å²) in [6.07, 6.45) is 1.16. The SMILES string of the molecule is COC(=O)CN(C(=O)CCc1ccccc1)[C@@H]1CCS(=O)(=O)C1. The largest absolute Gasteiger partial charge is 0.468 e. The van der Waals surface area contributed by atoms with Gasteiger partial charge in [0.2, 0.25) is 5.91 Å². The summed E-state index contributed by atoms with van der Waals surface area (Å²) in [7, 11) is -1.88. The third-order valence-electron chi connectivity index (χ3n) is 3.97. The Morgan fingerprint density at radius 2 is 1.96 bits per heavy atom. The van der Waals surface area contributed by atoms with Crippen LogP contribution in [0.5, 0.6) is 0 Å². The highest BCUT2D eigenvalue weighted by Gasteiger charge is 2.35. The Balaban J connectivity index is 2.03. The van der Waals surface area contributed by atoms with Gasteiger partial charge in [0.25, 0.3) is 0 Å². The summed E-state index contributed by atoms with van der Waals surface area (Å²) in [5.41, 5.74) is 1.03. The molecule has 1 aromatic carbocycles. The highest BCUT2D eigenvalue weighted by Crippen LogP contribution is 2.19. The molecule has 1 heterocycles. The van der Waals surface area contributed by atoms with Crippen LogP contribution >= 0.6 is 0 Å². The minimum Gasteiger partial charge on any atom is -0.468 e. The molecule has 0 unspecified atom stereocenters. The molecule has 0 saturated carbocycles. The summed E-state index contributed by atoms with van der Waals surface area (Å²) in [5.74, 6) is -0.786. The number of hydrogen-bond donors (Lipinski definition) is 0. The van der Waals surface area contributed by atoms with Gasteiger partial charge in [0, 0.05) is 12.5 Å². The first kappa shape index (κ1) is 17.5. The molecule has 1 atom stereocenters. The third-order valence-corrected chi connectivity index (χ3v) is 5.72. The number of amides is 1. The van der Waals surface area contributed by atoms with Crippen molar-refractivity contribution in [1.82, 2.24) is 4.90 Å². The van der Waals surface area contributed by atoms with Crippen LogP contribution in [0.25, 0.3) is 0 Å². The van der Waals surface area contributed by atoms with Gasteiger partial charge in [-0.2, -0.15) is 0 Å². The van der Waals surface area contributed by atoms with E-state index in [4.69, 9.17) is 0 Å². The van der Waals surface area contributed by atoms with E-state index < -0.39 is 21.8 Å². The molecular formula is C16H21NO5S. The van der Waals surface area contributed by atoms with E-state index in [1.165, 1.54) is 12.0 Å². The summed E-state index contributed by atoms with van der Waals surface area (Å²) >= 11 is 0. The fourth-order valence-electron chi connectivity index (χ4n) is 2.69. The number of sulfone groups is 1. The Morgan fingerprint density at radius 1 is 1.26 bits per heavy atom. The standard InChI is InChI=1S/C16H21NO5S/c1-22-16(19)11-17(14-9-10-23(20,21)12-14)15(18)8-7-13-5-3-2-4-6-13/h2-6,14H,7-12H2,1H3/t14-/m1/s1. The number of benzene rings is 1. The first-order chi connectivity index (χ1) is 10.9. The zero-order valence-corrected chi connectivity index (χ0v) is 13.9. The molecule has 0 bridgehead atoms. The van der Waals surface area contributed by atoms with Gasteiger partial charge in [-0.05, 0) is 18.4 Å². The van der Waals surface area contributed by atoms with Gasteiger partial charge in [0.15, 0.2) is 9.84 Å². The molecule has 1 aromatic rings. The molecule has 1 aliphatic rings. The second-order valence-corrected chi connectivity index (χ2v) is 7.87. The van der Waals surface area contributed by atoms with Gasteiger partial charge in [-0.3, -0.25) is 9.59 Å². The normalized spacial score (nSPS) is 19.3. The molecule has 0 aromatic heterocycles. The second kappa shape index (κ2) is 7.59. The van der Waals surface area contributed by atoms with Gasteiger partial charge in [-0.15, -0.1) is 0 Å². The fourth-order valence-corrected chi connectivity index (χ4v) is 4.42. The van der Waals surface area contributed by atoms with E-state index >= 15 is 0 Å². The lowest BCUT2D eigenvalue weighted by molar-refractivity contribution is -0.148. The Morgan fingerprint density at radius 3 is 2.52 bits per heavy atom. The zero-order chi connectivity index (χ0) is 16.9. The Labute approximate surface area is 136 Å². The van der Waals surface area contributed by atoms with Crippen molar-refractivity contribution in [2.24, 2.45) is 0 Å². The van der Waals surface area contributed by atoms with E-state index in [-0.39, 0.29) is 30.4 Å². The number of hydrogen-bond acceptors (Lipinski definition) is 5. The van der Waals surface area contributed by atoms with Crippen LogP contribution in [0.3, 0.4) is 0 Å². The van der Waals surface area contributed by atoms with Gasteiger partial charge in [0.05, 0.1) is 18.6 Å². The lowest BCUT2D eigenvalue weighted by Crippen LogP contribution is -2.44. The number of nitrogens with zero attached hydrogens (tertiary/aromatic N) is 1. The summed E-state index contributed by atoms with van der Waals surface area (Å²) in [6.45, 7) is -0.204. The molecule has 1 amide bonds. The molecular weight excluding hydrogens is 318 g/mol. The molecule has 126 valence electrons. The lowest BCUT2D eigenvalue weighted by Gasteiger charge is -2.27. The number of esters is 1. The molecule has 0 N–H and O–H groups in total. The third kappa shape index (κ3) is 5.06. The maximum absolute atomic E-state index is 12.5. The summed E-state index contributed by atoms with van der Waals surface area (Å²) < 4.78 is 27.9. The Kier molecular flexibility index (Phi) is 5.76. The predicted octanol–water partition coefficient (Wildman–Crippen LogP) is 0.808. The topological polar surface area (TPSA) is 80.8 Å². The molecule has 7 heteroatoms. The van der Waals surface area contributed by atoms with E-state index in [9.17, 15) is 18.0 Å². The molecule has 23 heavy (non-hydrogen) atoms. The van der Waals surface area contributed by atoms with Gasteiger partial charge in [-0.1, -0.05) is 30.3 Å². The van der Waals surface area contributed by atoms with Crippen molar-refractivity contribution in [1.29, 1.82) is 0 Å². The minimum absolute atomic E-state index is 0.0568. The number of carbonyl (C=O) groups is 2. The van der Waals surface area contributed by atoms with E-state index in [0.717, 1.165) is 5.56 Å². The molecule has 1 aliphatic heterocycles. The number of ether oxygens (including phenoxy) is 1. The smallest absolute Gasteiger partial charge is 0.325 e. The Bertz CT molecular complexity index is 656. The van der Waals surface area contributed by atoms with E-state index in [1.54, 1.807) is 0 Å². The van der Waals surface area contributed by atoms with Crippen LogP contribution in [0, 0.1) is 0 Å². The van der Waals surface area contributed by atoms with Crippen molar-refractivity contribution >= 4 is 21.7 Å². The highest BCUT2D eigenvalue weighted by molar-refractivity contribution is 7.91.